The van der Waals surface area contributed by atoms with Gasteiger partial charge in [0.15, 0.2) is 22.9 Å². The fraction of sp³-hybridized carbons (Fsp3) is 0.841. The summed E-state index contributed by atoms with van der Waals surface area (Å²) < 4.78 is 38.5. The van der Waals surface area contributed by atoms with E-state index in [0.29, 0.717) is 18.9 Å². The van der Waals surface area contributed by atoms with Gasteiger partial charge in [-0.1, -0.05) is 92.7 Å². The van der Waals surface area contributed by atoms with Crippen LogP contribution in [0, 0.1) is 11.8 Å². The lowest BCUT2D eigenvalue weighted by molar-refractivity contribution is -0.221. The van der Waals surface area contributed by atoms with E-state index in [9.17, 15) is 15.0 Å². The van der Waals surface area contributed by atoms with Gasteiger partial charge in [0.2, 0.25) is 0 Å². The van der Waals surface area contributed by atoms with Gasteiger partial charge in [0.25, 0.3) is 0 Å². The summed E-state index contributed by atoms with van der Waals surface area (Å²) in [7, 11) is -3.76. The Morgan fingerprint density at radius 3 is 2.15 bits per heavy atom. The van der Waals surface area contributed by atoms with Crippen molar-refractivity contribution in [3.63, 3.8) is 0 Å². The summed E-state index contributed by atoms with van der Waals surface area (Å²) in [6.07, 6.45) is 9.40. The Balaban J connectivity index is 2.40. The average molecular weight is 811 g/mol. The first-order chi connectivity index (χ1) is 25.9. The number of carbonyl (C=O) groups is 1. The summed E-state index contributed by atoms with van der Waals surface area (Å²) >= 11 is 0. The van der Waals surface area contributed by atoms with Crippen molar-refractivity contribution in [2.75, 3.05) is 6.61 Å². The highest BCUT2D eigenvalue weighted by Gasteiger charge is 2.50. The second-order valence-corrected chi connectivity index (χ2v) is 26.3. The van der Waals surface area contributed by atoms with E-state index in [4.69, 9.17) is 27.8 Å². The molecule has 0 bridgehead atoms. The lowest BCUT2D eigenvalue weighted by atomic mass is 9.88. The largest absolute Gasteiger partial charge is 0.457 e. The second-order valence-electron chi connectivity index (χ2n) is 16.9. The average Bonchev–Trinajstić information content (AvgIpc) is 3.92. The van der Waals surface area contributed by atoms with Gasteiger partial charge in [-0.3, -0.25) is 4.79 Å². The van der Waals surface area contributed by atoms with E-state index in [0.717, 1.165) is 54.7 Å². The van der Waals surface area contributed by atoms with Crippen LogP contribution in [0.1, 0.15) is 129 Å². The summed E-state index contributed by atoms with van der Waals surface area (Å²) in [5, 5.41) is 22.2. The fourth-order valence-electron chi connectivity index (χ4n) is 8.44. The maximum atomic E-state index is 13.2. The molecule has 0 aliphatic carbocycles. The molecule has 0 amide bonds. The van der Waals surface area contributed by atoms with Crippen LogP contribution in [0.25, 0.3) is 0 Å². The number of ether oxygens (including phenoxy) is 4. The molecule has 0 saturated carbocycles. The molecular weight excluding hydrogens is 729 g/mol. The van der Waals surface area contributed by atoms with Crippen LogP contribution < -0.4 is 0 Å². The van der Waals surface area contributed by atoms with Crippen LogP contribution in [-0.2, 0) is 32.6 Å². The zero-order chi connectivity index (χ0) is 41.6. The first kappa shape index (κ1) is 50.0. The lowest BCUT2D eigenvalue weighted by Gasteiger charge is -2.39. The van der Waals surface area contributed by atoms with E-state index >= 15 is 0 Å². The molecule has 11 atom stereocenters. The fourth-order valence-corrected chi connectivity index (χ4v) is 14.5. The molecular formula is C44H82O9Si2. The number of esters is 1. The minimum absolute atomic E-state index is 0.0899. The van der Waals surface area contributed by atoms with Crippen LogP contribution >= 0.6 is 0 Å². The zero-order valence-corrected chi connectivity index (χ0v) is 39.3. The van der Waals surface area contributed by atoms with Gasteiger partial charge < -0.3 is 38.0 Å². The molecule has 1 fully saturated rings. The van der Waals surface area contributed by atoms with E-state index < -0.39 is 58.4 Å². The van der Waals surface area contributed by atoms with Gasteiger partial charge in [0.05, 0.1) is 35.9 Å². The topological polar surface area (TPSA) is 116 Å². The Morgan fingerprint density at radius 1 is 1.00 bits per heavy atom. The molecule has 0 aromatic rings. The van der Waals surface area contributed by atoms with Crippen molar-refractivity contribution in [1.82, 2.24) is 0 Å². The van der Waals surface area contributed by atoms with Crippen LogP contribution in [0.15, 0.2) is 36.0 Å². The number of aliphatic hydroxyl groups is 2. The summed E-state index contributed by atoms with van der Waals surface area (Å²) in [6.45, 7) is 30.3. The Bertz CT molecular complexity index is 1220. The summed E-state index contributed by atoms with van der Waals surface area (Å²) in [4.78, 5) is 13.2. The van der Waals surface area contributed by atoms with Gasteiger partial charge in [-0.25, -0.2) is 0 Å². The number of rotatable bonds is 22. The Morgan fingerprint density at radius 2 is 1.60 bits per heavy atom. The Labute approximate surface area is 338 Å². The van der Waals surface area contributed by atoms with Gasteiger partial charge in [0.1, 0.15) is 12.2 Å². The molecule has 0 radical (unpaired) electrons. The van der Waals surface area contributed by atoms with Crippen LogP contribution in [0.4, 0.5) is 0 Å². The van der Waals surface area contributed by atoms with Crippen LogP contribution in [-0.4, -0.2) is 93.5 Å². The van der Waals surface area contributed by atoms with E-state index in [1.54, 1.807) is 13.0 Å². The quantitative estimate of drug-likeness (QED) is 0.0275. The van der Waals surface area contributed by atoms with Crippen molar-refractivity contribution >= 4 is 22.6 Å². The second kappa shape index (κ2) is 22.8. The molecule has 320 valence electrons. The third-order valence-corrected chi connectivity index (χ3v) is 22.3. The maximum absolute atomic E-state index is 13.2. The third kappa shape index (κ3) is 14.6. The van der Waals surface area contributed by atoms with Crippen molar-refractivity contribution in [2.24, 2.45) is 11.8 Å². The predicted octanol–water partition coefficient (Wildman–Crippen LogP) is 10.0. The highest BCUT2D eigenvalue weighted by Crippen LogP contribution is 2.42. The molecule has 9 nitrogen and oxygen atoms in total. The minimum Gasteiger partial charge on any atom is -0.457 e. The lowest BCUT2D eigenvalue weighted by Crippen LogP contribution is -2.46. The maximum Gasteiger partial charge on any atom is 0.309 e. The number of carbonyl (C=O) groups excluding carboxylic acids is 1. The van der Waals surface area contributed by atoms with Gasteiger partial charge >= 0.3 is 5.97 Å². The summed E-state index contributed by atoms with van der Waals surface area (Å²) in [5.74, 6) is -0.426. The van der Waals surface area contributed by atoms with Crippen LogP contribution in [0.5, 0.6) is 0 Å². The van der Waals surface area contributed by atoms with Crippen molar-refractivity contribution in [3.8, 4) is 0 Å². The van der Waals surface area contributed by atoms with Gasteiger partial charge in [-0.2, -0.15) is 0 Å². The number of hydrogen-bond acceptors (Lipinski definition) is 9. The van der Waals surface area contributed by atoms with Gasteiger partial charge in [0, 0.05) is 31.0 Å². The summed E-state index contributed by atoms with van der Waals surface area (Å²) in [5.41, 5.74) is -0.713. The van der Waals surface area contributed by atoms with E-state index in [-0.39, 0.29) is 37.1 Å². The highest BCUT2D eigenvalue weighted by molar-refractivity contribution is 6.74. The molecule has 2 aliphatic rings. The molecule has 2 heterocycles. The van der Waals surface area contributed by atoms with Gasteiger partial charge in [-0.05, 0) is 95.7 Å². The first-order valence-electron chi connectivity index (χ1n) is 21.8. The van der Waals surface area contributed by atoms with Crippen molar-refractivity contribution in [1.29, 1.82) is 0 Å². The highest BCUT2D eigenvalue weighted by atomic mass is 28.4. The first-order valence-corrected chi connectivity index (χ1v) is 26.9. The summed E-state index contributed by atoms with van der Waals surface area (Å²) in [6, 6.07) is 6.55. The van der Waals surface area contributed by atoms with E-state index in [2.05, 4.69) is 68.4 Å². The third-order valence-electron chi connectivity index (χ3n) is 12.9. The normalized spacial score (nSPS) is 30.8. The van der Waals surface area contributed by atoms with Gasteiger partial charge in [-0.15, -0.1) is 0 Å². The monoisotopic (exact) mass is 811 g/mol. The van der Waals surface area contributed by atoms with Crippen molar-refractivity contribution < 1.29 is 42.8 Å². The van der Waals surface area contributed by atoms with E-state index in [1.165, 1.54) is 0 Å². The molecule has 55 heavy (non-hydrogen) atoms. The molecule has 11 heteroatoms. The molecule has 2 aliphatic heterocycles. The number of cyclic esters (lactones) is 1. The van der Waals surface area contributed by atoms with Crippen LogP contribution in [0.3, 0.4) is 0 Å². The SMILES string of the molecule is CCOC(C)O[C@]1(C)CC[C@@H](O)CC(=O)O[C@H](/C(C)=C/C=C/[C@@](C)(C[C@H]2O[C@@H]2[C@H](C)[C@H](CC)O[Si](CC)(CC)CC)O[Si](CC)(CC)CC)[C@@H](C)/C=C/[C@@H]1O. The van der Waals surface area contributed by atoms with Crippen molar-refractivity contribution in [3.05, 3.63) is 36.0 Å². The van der Waals surface area contributed by atoms with Crippen LogP contribution in [0.2, 0.25) is 36.3 Å². The molecule has 1 unspecified atom stereocenters. The number of aliphatic hydroxyl groups excluding tert-OH is 2. The molecule has 2 rings (SSSR count). The molecule has 0 aromatic carbocycles. The smallest absolute Gasteiger partial charge is 0.309 e. The predicted molar refractivity (Wildman–Crippen MR) is 229 cm³/mol. The molecule has 0 aromatic heterocycles. The Kier molecular flexibility index (Phi) is 20.8. The minimum atomic E-state index is -2.01. The Hall–Kier alpha value is -1.16. The number of allylic oxidation sites excluding steroid dienone is 2. The zero-order valence-electron chi connectivity index (χ0n) is 37.3. The molecule has 2 N–H and O–H groups in total. The van der Waals surface area contributed by atoms with Crippen molar-refractivity contribution in [2.45, 2.75) is 219 Å². The number of epoxide rings is 1. The molecule has 0 spiro atoms. The van der Waals surface area contributed by atoms with E-state index in [1.807, 2.05) is 45.9 Å². The number of hydrogen-bond donors (Lipinski definition) is 2. The standard InChI is InChI=1S/C44H82O9Si2/c1-15-37(52-54(17-3,18-4)19-5)34(11)42-38(49-42)31-43(13,53-55(20-6,21-7)22-8)28-23-24-32(9)41-33(10)25-26-39(46)44(14,51-35(12)48-16-2)29-27-36(45)30-40(47)50-41/h23-26,28,33-39,41-42,45-46H,15-22,27,29-31H2,1-14H3/b26-25+,28-23+,32-24+/t33-,34+,35?,36+,37-,38+,39-,41+,42+,43-,44+/m0/s1. The molecule has 1 saturated heterocycles.